The third kappa shape index (κ3) is 2.14. The van der Waals surface area contributed by atoms with Crippen LogP contribution in [0.25, 0.3) is 0 Å². The second kappa shape index (κ2) is 4.28. The van der Waals surface area contributed by atoms with Crippen LogP contribution in [-0.4, -0.2) is 37.0 Å². The summed E-state index contributed by atoms with van der Waals surface area (Å²) in [6, 6.07) is 3.81. The zero-order chi connectivity index (χ0) is 9.80. The van der Waals surface area contributed by atoms with Gasteiger partial charge in [-0.15, -0.1) is 0 Å². The van der Waals surface area contributed by atoms with Gasteiger partial charge in [-0.1, -0.05) is 0 Å². The molecule has 1 N–H and O–H groups in total. The van der Waals surface area contributed by atoms with Crippen molar-refractivity contribution in [1.82, 2.24) is 10.2 Å². The van der Waals surface area contributed by atoms with E-state index in [-0.39, 0.29) is 5.91 Å². The maximum Gasteiger partial charge on any atom is 0.236 e. The van der Waals surface area contributed by atoms with Gasteiger partial charge in [0.25, 0.3) is 0 Å². The van der Waals surface area contributed by atoms with E-state index in [9.17, 15) is 4.79 Å². The van der Waals surface area contributed by atoms with E-state index in [1.807, 2.05) is 17.0 Å². The topological polar surface area (TPSA) is 45.5 Å². The normalized spacial score (nSPS) is 17.4. The van der Waals surface area contributed by atoms with Gasteiger partial charge in [0, 0.05) is 26.1 Å². The molecule has 1 aliphatic heterocycles. The molecule has 2 rings (SSSR count). The van der Waals surface area contributed by atoms with Crippen molar-refractivity contribution in [3.63, 3.8) is 0 Å². The molecule has 0 aromatic carbocycles. The number of carbonyl (C=O) groups is 1. The van der Waals surface area contributed by atoms with E-state index >= 15 is 0 Å². The lowest BCUT2D eigenvalue weighted by molar-refractivity contribution is -0.131. The molecule has 76 valence electrons. The number of nitrogens with zero attached hydrogens (tertiary/aromatic N) is 1. The van der Waals surface area contributed by atoms with Crippen LogP contribution in [0.2, 0.25) is 0 Å². The summed E-state index contributed by atoms with van der Waals surface area (Å²) in [4.78, 5) is 13.3. The van der Waals surface area contributed by atoms with Gasteiger partial charge in [0.1, 0.15) is 5.76 Å². The maximum absolute atomic E-state index is 11.4. The Hall–Kier alpha value is -1.29. The fraction of sp³-hybridized carbons (Fsp3) is 0.500. The smallest absolute Gasteiger partial charge is 0.236 e. The number of hydrogen-bond donors (Lipinski definition) is 1. The van der Waals surface area contributed by atoms with Crippen LogP contribution in [0.3, 0.4) is 0 Å². The molecule has 0 saturated carbocycles. The van der Waals surface area contributed by atoms with Crippen molar-refractivity contribution in [1.29, 1.82) is 0 Å². The Morgan fingerprint density at radius 3 is 3.21 bits per heavy atom. The van der Waals surface area contributed by atoms with Crippen molar-refractivity contribution in [3.8, 4) is 0 Å². The van der Waals surface area contributed by atoms with Gasteiger partial charge in [-0.3, -0.25) is 4.79 Å². The van der Waals surface area contributed by atoms with Crippen LogP contribution in [0.15, 0.2) is 22.8 Å². The lowest BCUT2D eigenvalue weighted by Gasteiger charge is -2.26. The van der Waals surface area contributed by atoms with Crippen LogP contribution in [0, 0.1) is 0 Å². The fourth-order valence-electron chi connectivity index (χ4n) is 1.58. The van der Waals surface area contributed by atoms with Crippen molar-refractivity contribution in [2.24, 2.45) is 0 Å². The van der Waals surface area contributed by atoms with E-state index < -0.39 is 0 Å². The second-order valence-corrected chi connectivity index (χ2v) is 3.39. The molecule has 1 aromatic heterocycles. The molecule has 14 heavy (non-hydrogen) atoms. The van der Waals surface area contributed by atoms with Crippen molar-refractivity contribution in [3.05, 3.63) is 24.2 Å². The van der Waals surface area contributed by atoms with Gasteiger partial charge in [0.15, 0.2) is 0 Å². The Kier molecular flexibility index (Phi) is 2.84. The molecule has 1 aromatic rings. The highest BCUT2D eigenvalue weighted by Gasteiger charge is 2.16. The first-order chi connectivity index (χ1) is 6.86. The Morgan fingerprint density at radius 1 is 1.57 bits per heavy atom. The maximum atomic E-state index is 11.4. The number of hydrogen-bond acceptors (Lipinski definition) is 3. The minimum absolute atomic E-state index is 0.183. The van der Waals surface area contributed by atoms with Gasteiger partial charge in [-0.05, 0) is 12.1 Å². The highest BCUT2D eigenvalue weighted by molar-refractivity contribution is 5.78. The third-order valence-electron chi connectivity index (χ3n) is 2.40. The molecule has 1 aliphatic rings. The summed E-state index contributed by atoms with van der Waals surface area (Å²) in [6.07, 6.45) is 2.47. The molecular weight excluding hydrogens is 180 g/mol. The number of piperazine rings is 1. The Labute approximate surface area is 82.9 Å². The number of rotatable bonds is 3. The molecule has 4 nitrogen and oxygen atoms in total. The molecule has 2 heterocycles. The minimum atomic E-state index is 0.183. The fourth-order valence-corrected chi connectivity index (χ4v) is 1.58. The molecule has 1 saturated heterocycles. The van der Waals surface area contributed by atoms with Gasteiger partial charge >= 0.3 is 0 Å². The molecule has 0 spiro atoms. The van der Waals surface area contributed by atoms with Crippen molar-refractivity contribution < 1.29 is 9.21 Å². The SMILES string of the molecule is O=C1CNCCN1CCc1ccco1. The van der Waals surface area contributed by atoms with Gasteiger partial charge in [-0.25, -0.2) is 0 Å². The van der Waals surface area contributed by atoms with Gasteiger partial charge in [-0.2, -0.15) is 0 Å². The third-order valence-corrected chi connectivity index (χ3v) is 2.40. The summed E-state index contributed by atoms with van der Waals surface area (Å²) in [5.74, 6) is 1.12. The second-order valence-electron chi connectivity index (χ2n) is 3.39. The highest BCUT2D eigenvalue weighted by Crippen LogP contribution is 2.03. The number of amides is 1. The Morgan fingerprint density at radius 2 is 2.50 bits per heavy atom. The molecule has 0 unspecified atom stereocenters. The van der Waals surface area contributed by atoms with Crippen molar-refractivity contribution in [2.75, 3.05) is 26.2 Å². The van der Waals surface area contributed by atoms with E-state index in [0.717, 1.165) is 31.8 Å². The van der Waals surface area contributed by atoms with Crippen LogP contribution in [-0.2, 0) is 11.2 Å². The number of furan rings is 1. The first kappa shape index (κ1) is 9.27. The predicted octanol–water partition coefficient (Wildman–Crippen LogP) is 0.254. The average molecular weight is 194 g/mol. The molecule has 4 heteroatoms. The number of carbonyl (C=O) groups excluding carboxylic acids is 1. The summed E-state index contributed by atoms with van der Waals surface area (Å²) in [7, 11) is 0. The van der Waals surface area contributed by atoms with Crippen LogP contribution in [0.1, 0.15) is 5.76 Å². The van der Waals surface area contributed by atoms with Crippen molar-refractivity contribution >= 4 is 5.91 Å². The molecule has 0 radical (unpaired) electrons. The molecule has 1 amide bonds. The van der Waals surface area contributed by atoms with Gasteiger partial charge in [0.2, 0.25) is 5.91 Å². The van der Waals surface area contributed by atoms with Crippen LogP contribution >= 0.6 is 0 Å². The van der Waals surface area contributed by atoms with Crippen molar-refractivity contribution in [2.45, 2.75) is 6.42 Å². The summed E-state index contributed by atoms with van der Waals surface area (Å²) < 4.78 is 5.21. The molecule has 0 bridgehead atoms. The quantitative estimate of drug-likeness (QED) is 0.750. The standard InChI is InChI=1S/C10H14N2O2/c13-10-8-11-4-6-12(10)5-3-9-2-1-7-14-9/h1-2,7,11H,3-6,8H2. The van der Waals surface area contributed by atoms with E-state index in [0.29, 0.717) is 6.54 Å². The van der Waals surface area contributed by atoms with E-state index in [4.69, 9.17) is 4.42 Å². The lowest BCUT2D eigenvalue weighted by atomic mass is 10.2. The summed E-state index contributed by atoms with van der Waals surface area (Å²) in [6.45, 7) is 2.93. The molecule has 0 atom stereocenters. The average Bonchev–Trinajstić information content (AvgIpc) is 2.69. The largest absolute Gasteiger partial charge is 0.469 e. The van der Waals surface area contributed by atoms with Crippen LogP contribution in [0.4, 0.5) is 0 Å². The van der Waals surface area contributed by atoms with E-state index in [1.54, 1.807) is 6.26 Å². The Bertz CT molecular complexity index is 295. The molecule has 0 aliphatic carbocycles. The zero-order valence-corrected chi connectivity index (χ0v) is 8.03. The minimum Gasteiger partial charge on any atom is -0.469 e. The first-order valence-electron chi connectivity index (χ1n) is 4.87. The highest BCUT2D eigenvalue weighted by atomic mass is 16.3. The number of nitrogens with one attached hydrogen (secondary N) is 1. The van der Waals surface area contributed by atoms with E-state index in [1.165, 1.54) is 0 Å². The summed E-state index contributed by atoms with van der Waals surface area (Å²) >= 11 is 0. The first-order valence-corrected chi connectivity index (χ1v) is 4.87. The van der Waals surface area contributed by atoms with Gasteiger partial charge in [0.05, 0.1) is 12.8 Å². The molecular formula is C10H14N2O2. The molecule has 1 fully saturated rings. The Balaban J connectivity index is 1.82. The van der Waals surface area contributed by atoms with Gasteiger partial charge < -0.3 is 14.6 Å². The van der Waals surface area contributed by atoms with E-state index in [2.05, 4.69) is 5.32 Å². The zero-order valence-electron chi connectivity index (χ0n) is 8.03. The monoisotopic (exact) mass is 194 g/mol. The lowest BCUT2D eigenvalue weighted by Crippen LogP contribution is -2.48. The van der Waals surface area contributed by atoms with Crippen LogP contribution < -0.4 is 5.32 Å². The van der Waals surface area contributed by atoms with Crippen LogP contribution in [0.5, 0.6) is 0 Å². The summed E-state index contributed by atoms with van der Waals surface area (Å²) in [5, 5.41) is 3.04. The summed E-state index contributed by atoms with van der Waals surface area (Å²) in [5.41, 5.74) is 0. The predicted molar refractivity (Wildman–Crippen MR) is 51.9 cm³/mol.